The molecule has 5 nitrogen and oxygen atoms in total. The lowest BCUT2D eigenvalue weighted by molar-refractivity contribution is -0.179. The van der Waals surface area contributed by atoms with Crippen molar-refractivity contribution in [3.8, 4) is 0 Å². The second-order valence-electron chi connectivity index (χ2n) is 5.64. The fourth-order valence-corrected chi connectivity index (χ4v) is 2.52. The number of hydrogen-bond acceptors (Lipinski definition) is 4. The summed E-state index contributed by atoms with van der Waals surface area (Å²) in [6, 6.07) is 1.93. The van der Waals surface area contributed by atoms with E-state index in [1.165, 1.54) is 18.0 Å². The predicted molar refractivity (Wildman–Crippen MR) is 86.1 cm³/mol. The highest BCUT2D eigenvalue weighted by atomic mass is 19.4. The number of piperazine rings is 1. The van der Waals surface area contributed by atoms with Gasteiger partial charge in [-0.2, -0.15) is 13.2 Å². The Balaban J connectivity index is 1.92. The number of carbonyl (C=O) groups excluding carboxylic acids is 1. The van der Waals surface area contributed by atoms with E-state index in [0.29, 0.717) is 44.1 Å². The summed E-state index contributed by atoms with van der Waals surface area (Å²) in [5, 5.41) is 2.66. The van der Waals surface area contributed by atoms with Gasteiger partial charge in [0.1, 0.15) is 11.9 Å². The van der Waals surface area contributed by atoms with Crippen molar-refractivity contribution in [2.75, 3.05) is 37.6 Å². The van der Waals surface area contributed by atoms with Gasteiger partial charge in [0.15, 0.2) is 0 Å². The second-order valence-corrected chi connectivity index (χ2v) is 5.64. The Morgan fingerprint density at radius 2 is 2.04 bits per heavy atom. The number of halogens is 3. The normalized spacial score (nSPS) is 17.4. The third-order valence-electron chi connectivity index (χ3n) is 4.08. The van der Waals surface area contributed by atoms with Gasteiger partial charge in [-0.05, 0) is 19.1 Å². The summed E-state index contributed by atoms with van der Waals surface area (Å²) in [6.45, 7) is 6.67. The lowest BCUT2D eigenvalue weighted by Crippen LogP contribution is -2.53. The monoisotopic (exact) mass is 342 g/mol. The summed E-state index contributed by atoms with van der Waals surface area (Å²) < 4.78 is 38.3. The fourth-order valence-electron chi connectivity index (χ4n) is 2.52. The van der Waals surface area contributed by atoms with Gasteiger partial charge in [-0.3, -0.25) is 9.69 Å². The largest absolute Gasteiger partial charge is 0.403 e. The van der Waals surface area contributed by atoms with E-state index in [1.807, 2.05) is 4.90 Å². The molecule has 1 aliphatic rings. The maximum absolute atomic E-state index is 12.8. The molecular formula is C16H21F3N4O. The molecule has 0 spiro atoms. The summed E-state index contributed by atoms with van der Waals surface area (Å²) in [5.74, 6) is 0.423. The Morgan fingerprint density at radius 3 is 2.54 bits per heavy atom. The molecule has 1 saturated heterocycles. The third-order valence-corrected chi connectivity index (χ3v) is 4.08. The van der Waals surface area contributed by atoms with Crippen molar-refractivity contribution in [3.63, 3.8) is 0 Å². The highest BCUT2D eigenvalue weighted by Gasteiger charge is 2.40. The smallest absolute Gasteiger partial charge is 0.354 e. The highest BCUT2D eigenvalue weighted by molar-refractivity contribution is 5.94. The van der Waals surface area contributed by atoms with Crippen LogP contribution in [0.3, 0.4) is 0 Å². The predicted octanol–water partition coefficient (Wildman–Crippen LogP) is 2.07. The van der Waals surface area contributed by atoms with Gasteiger partial charge >= 0.3 is 6.18 Å². The van der Waals surface area contributed by atoms with Crippen LogP contribution >= 0.6 is 0 Å². The summed E-state index contributed by atoms with van der Waals surface area (Å²) >= 11 is 0. The number of aromatic nitrogens is 1. The molecule has 8 heteroatoms. The minimum Gasteiger partial charge on any atom is -0.354 e. The van der Waals surface area contributed by atoms with Crippen molar-refractivity contribution in [1.82, 2.24) is 15.2 Å². The van der Waals surface area contributed by atoms with Crippen LogP contribution in [0.25, 0.3) is 0 Å². The minimum atomic E-state index is -4.21. The molecule has 1 atom stereocenters. The average Bonchev–Trinajstić information content (AvgIpc) is 2.58. The van der Waals surface area contributed by atoms with Gasteiger partial charge in [0.05, 0.1) is 5.56 Å². The van der Waals surface area contributed by atoms with Crippen LogP contribution in [0.15, 0.2) is 31.0 Å². The van der Waals surface area contributed by atoms with Gasteiger partial charge in [0.2, 0.25) is 0 Å². The quantitative estimate of drug-likeness (QED) is 0.833. The van der Waals surface area contributed by atoms with Gasteiger partial charge in [0, 0.05) is 38.9 Å². The maximum atomic E-state index is 12.8. The SMILES string of the molecule is C=CCNC(=O)c1ccc(N2CCN([C@@H](C)C(F)(F)F)CC2)nc1. The molecule has 2 heterocycles. The van der Waals surface area contributed by atoms with Crippen molar-refractivity contribution in [1.29, 1.82) is 0 Å². The van der Waals surface area contributed by atoms with Crippen LogP contribution in [-0.2, 0) is 0 Å². The lowest BCUT2D eigenvalue weighted by atomic mass is 10.2. The van der Waals surface area contributed by atoms with E-state index < -0.39 is 12.2 Å². The molecule has 0 aromatic carbocycles. The Labute approximate surface area is 139 Å². The van der Waals surface area contributed by atoms with Crippen LogP contribution in [0.2, 0.25) is 0 Å². The Kier molecular flexibility index (Phi) is 5.82. The van der Waals surface area contributed by atoms with E-state index in [1.54, 1.807) is 18.2 Å². The van der Waals surface area contributed by atoms with Crippen LogP contribution in [0.4, 0.5) is 19.0 Å². The van der Waals surface area contributed by atoms with Crippen molar-refractivity contribution < 1.29 is 18.0 Å². The van der Waals surface area contributed by atoms with Crippen LogP contribution in [0.1, 0.15) is 17.3 Å². The van der Waals surface area contributed by atoms with E-state index in [-0.39, 0.29) is 5.91 Å². The Hall–Kier alpha value is -2.09. The zero-order valence-electron chi connectivity index (χ0n) is 13.5. The van der Waals surface area contributed by atoms with Gasteiger partial charge in [-0.15, -0.1) is 6.58 Å². The molecule has 1 N–H and O–H groups in total. The number of hydrogen-bond donors (Lipinski definition) is 1. The van der Waals surface area contributed by atoms with E-state index in [4.69, 9.17) is 0 Å². The first-order chi connectivity index (χ1) is 11.3. The molecule has 24 heavy (non-hydrogen) atoms. The summed E-state index contributed by atoms with van der Waals surface area (Å²) in [4.78, 5) is 19.4. The molecule has 1 fully saturated rings. The number of pyridine rings is 1. The van der Waals surface area contributed by atoms with Crippen molar-refractivity contribution in [3.05, 3.63) is 36.5 Å². The van der Waals surface area contributed by atoms with Crippen molar-refractivity contribution in [2.45, 2.75) is 19.1 Å². The van der Waals surface area contributed by atoms with Gasteiger partial charge in [-0.25, -0.2) is 4.98 Å². The summed E-state index contributed by atoms with van der Waals surface area (Å²) in [6.07, 6.45) is -1.15. The van der Waals surface area contributed by atoms with Crippen molar-refractivity contribution >= 4 is 11.7 Å². The first-order valence-electron chi connectivity index (χ1n) is 7.74. The molecule has 1 aromatic heterocycles. The number of carbonyl (C=O) groups is 1. The first kappa shape index (κ1) is 18.3. The van der Waals surface area contributed by atoms with Gasteiger partial charge in [0.25, 0.3) is 5.91 Å². The van der Waals surface area contributed by atoms with Crippen LogP contribution in [-0.4, -0.2) is 60.7 Å². The second kappa shape index (κ2) is 7.65. The van der Waals surface area contributed by atoms with Gasteiger partial charge in [-0.1, -0.05) is 6.08 Å². The maximum Gasteiger partial charge on any atom is 0.403 e. The zero-order chi connectivity index (χ0) is 17.7. The molecule has 0 radical (unpaired) electrons. The van der Waals surface area contributed by atoms with E-state index in [9.17, 15) is 18.0 Å². The standard InChI is InChI=1S/C16H21F3N4O/c1-3-6-20-15(24)13-4-5-14(21-11-13)23-9-7-22(8-10-23)12(2)16(17,18)19/h3-5,11-12H,1,6-10H2,2H3,(H,20,24)/t12-/m0/s1. The molecular weight excluding hydrogens is 321 g/mol. The summed E-state index contributed by atoms with van der Waals surface area (Å²) in [5.41, 5.74) is 0.435. The molecule has 2 rings (SSSR count). The number of anilines is 1. The summed E-state index contributed by atoms with van der Waals surface area (Å²) in [7, 11) is 0. The van der Waals surface area contributed by atoms with Crippen LogP contribution < -0.4 is 10.2 Å². The Bertz CT molecular complexity index is 566. The molecule has 0 bridgehead atoms. The number of amides is 1. The highest BCUT2D eigenvalue weighted by Crippen LogP contribution is 2.26. The average molecular weight is 342 g/mol. The Morgan fingerprint density at radius 1 is 1.38 bits per heavy atom. The molecule has 132 valence electrons. The van der Waals surface area contributed by atoms with Crippen LogP contribution in [0.5, 0.6) is 0 Å². The van der Waals surface area contributed by atoms with Crippen LogP contribution in [0, 0.1) is 0 Å². The molecule has 1 aromatic rings. The number of nitrogens with zero attached hydrogens (tertiary/aromatic N) is 3. The first-order valence-corrected chi connectivity index (χ1v) is 7.74. The minimum absolute atomic E-state index is 0.238. The molecule has 1 amide bonds. The zero-order valence-corrected chi connectivity index (χ0v) is 13.5. The topological polar surface area (TPSA) is 48.5 Å². The van der Waals surface area contributed by atoms with Crippen molar-refractivity contribution in [2.24, 2.45) is 0 Å². The number of nitrogens with one attached hydrogen (secondary N) is 1. The van der Waals surface area contributed by atoms with Gasteiger partial charge < -0.3 is 10.2 Å². The molecule has 0 saturated carbocycles. The molecule has 1 aliphatic heterocycles. The fraction of sp³-hybridized carbons (Fsp3) is 0.500. The van der Waals surface area contributed by atoms with E-state index >= 15 is 0 Å². The van der Waals surface area contributed by atoms with E-state index in [0.717, 1.165) is 0 Å². The number of rotatable bonds is 5. The molecule has 0 unspecified atom stereocenters. The third kappa shape index (κ3) is 4.47. The van der Waals surface area contributed by atoms with E-state index in [2.05, 4.69) is 16.9 Å². The number of alkyl halides is 3. The lowest BCUT2D eigenvalue weighted by Gasteiger charge is -2.39. The molecule has 0 aliphatic carbocycles.